The maximum absolute atomic E-state index is 12.6. The smallest absolute Gasteiger partial charge is 0.243 e. The fourth-order valence-corrected chi connectivity index (χ4v) is 4.07. The second kappa shape index (κ2) is 7.70. The highest BCUT2D eigenvalue weighted by molar-refractivity contribution is 8.00. The monoisotopic (exact) mass is 358 g/mol. The molecule has 132 valence electrons. The van der Waals surface area contributed by atoms with Gasteiger partial charge >= 0.3 is 0 Å². The minimum Gasteiger partial charge on any atom is -0.497 e. The van der Waals surface area contributed by atoms with E-state index in [4.69, 9.17) is 9.47 Å². The molecule has 0 saturated carbocycles. The lowest BCUT2D eigenvalue weighted by Crippen LogP contribution is -2.39. The summed E-state index contributed by atoms with van der Waals surface area (Å²) in [5.41, 5.74) is 1.72. The summed E-state index contributed by atoms with van der Waals surface area (Å²) >= 11 is 1.85. The van der Waals surface area contributed by atoms with E-state index >= 15 is 0 Å². The molecule has 0 bridgehead atoms. The zero-order valence-electron chi connectivity index (χ0n) is 14.6. The summed E-state index contributed by atoms with van der Waals surface area (Å²) in [4.78, 5) is 15.9. The van der Waals surface area contributed by atoms with Gasteiger partial charge in [0.1, 0.15) is 11.5 Å². The average molecular weight is 358 g/mol. The van der Waals surface area contributed by atoms with Crippen molar-refractivity contribution < 1.29 is 14.3 Å². The molecule has 6 heteroatoms. The molecule has 0 spiro atoms. The molecule has 25 heavy (non-hydrogen) atoms. The van der Waals surface area contributed by atoms with Crippen molar-refractivity contribution in [1.82, 2.24) is 0 Å². The van der Waals surface area contributed by atoms with Crippen LogP contribution in [0.5, 0.6) is 11.5 Å². The first-order valence-electron chi connectivity index (χ1n) is 8.13. The van der Waals surface area contributed by atoms with Crippen molar-refractivity contribution in [3.05, 3.63) is 42.5 Å². The Morgan fingerprint density at radius 1 is 1.24 bits per heavy atom. The lowest BCUT2D eigenvalue weighted by Gasteiger charge is -2.33. The fourth-order valence-electron chi connectivity index (χ4n) is 2.91. The molecule has 0 saturated heterocycles. The molecular formula is C19H22N2O3S. The molecule has 1 N–H and O–H groups in total. The summed E-state index contributed by atoms with van der Waals surface area (Å²) < 4.78 is 10.5. The van der Waals surface area contributed by atoms with Crippen molar-refractivity contribution in [3.8, 4) is 11.5 Å². The molecule has 1 atom stereocenters. The number of thioether (sulfide) groups is 1. The van der Waals surface area contributed by atoms with Crippen LogP contribution < -0.4 is 19.7 Å². The molecule has 2 aromatic rings. The van der Waals surface area contributed by atoms with Crippen LogP contribution in [0.1, 0.15) is 6.92 Å². The molecule has 0 fully saturated rings. The summed E-state index contributed by atoms with van der Waals surface area (Å²) in [7, 11) is 3.17. The highest BCUT2D eigenvalue weighted by Gasteiger charge is 2.24. The molecule has 0 aromatic heterocycles. The van der Waals surface area contributed by atoms with Gasteiger partial charge < -0.3 is 19.7 Å². The predicted molar refractivity (Wildman–Crippen MR) is 102 cm³/mol. The van der Waals surface area contributed by atoms with E-state index in [9.17, 15) is 4.79 Å². The normalized spacial score (nSPS) is 16.1. The lowest BCUT2D eigenvalue weighted by atomic mass is 10.2. The summed E-state index contributed by atoms with van der Waals surface area (Å²) in [5.74, 6) is 1.20. The number of para-hydroxylation sites is 1. The van der Waals surface area contributed by atoms with Gasteiger partial charge in [-0.25, -0.2) is 0 Å². The number of nitrogens with one attached hydrogen (secondary N) is 1. The Bertz CT molecular complexity index is 766. The van der Waals surface area contributed by atoms with E-state index in [1.807, 2.05) is 23.9 Å². The summed E-state index contributed by atoms with van der Waals surface area (Å²) in [5, 5.41) is 3.38. The van der Waals surface area contributed by atoms with Gasteiger partial charge in [0.2, 0.25) is 5.91 Å². The number of hydrogen-bond acceptors (Lipinski definition) is 5. The van der Waals surface area contributed by atoms with Crippen molar-refractivity contribution in [2.24, 2.45) is 0 Å². The second-order valence-corrected chi connectivity index (χ2v) is 7.37. The maximum Gasteiger partial charge on any atom is 0.243 e. The molecule has 0 aliphatic carbocycles. The first kappa shape index (κ1) is 17.5. The van der Waals surface area contributed by atoms with Gasteiger partial charge in [-0.1, -0.05) is 19.1 Å². The number of nitrogens with zero attached hydrogens (tertiary/aromatic N) is 1. The van der Waals surface area contributed by atoms with Gasteiger partial charge in [0, 0.05) is 22.8 Å². The van der Waals surface area contributed by atoms with Crippen molar-refractivity contribution in [1.29, 1.82) is 0 Å². The summed E-state index contributed by atoms with van der Waals surface area (Å²) in [6, 6.07) is 13.5. The number of fused-ring (bicyclic) bond motifs is 1. The fraction of sp³-hybridized carbons (Fsp3) is 0.316. The van der Waals surface area contributed by atoms with Gasteiger partial charge in [-0.05, 0) is 24.3 Å². The molecule has 0 radical (unpaired) electrons. The molecule has 1 aliphatic rings. The van der Waals surface area contributed by atoms with Crippen LogP contribution in [0.4, 0.5) is 11.4 Å². The van der Waals surface area contributed by atoms with Crippen LogP contribution in [0, 0.1) is 0 Å². The number of amides is 1. The number of carbonyl (C=O) groups excluding carboxylic acids is 1. The van der Waals surface area contributed by atoms with Crippen LogP contribution in [0.2, 0.25) is 0 Å². The van der Waals surface area contributed by atoms with Crippen molar-refractivity contribution in [2.75, 3.05) is 37.5 Å². The van der Waals surface area contributed by atoms with Crippen LogP contribution in [-0.4, -0.2) is 38.5 Å². The number of methoxy groups -OCH3 is 2. The van der Waals surface area contributed by atoms with Gasteiger partial charge in [-0.15, -0.1) is 11.8 Å². The van der Waals surface area contributed by atoms with Crippen molar-refractivity contribution in [2.45, 2.75) is 17.1 Å². The Hall–Kier alpha value is -2.34. The van der Waals surface area contributed by atoms with Gasteiger partial charge in [0.15, 0.2) is 0 Å². The summed E-state index contributed by atoms with van der Waals surface area (Å²) in [6.07, 6.45) is 0. The minimum absolute atomic E-state index is 0.0829. The van der Waals surface area contributed by atoms with E-state index in [-0.39, 0.29) is 5.91 Å². The first-order chi connectivity index (χ1) is 12.1. The molecule has 3 rings (SSSR count). The quantitative estimate of drug-likeness (QED) is 0.884. The summed E-state index contributed by atoms with van der Waals surface area (Å²) in [6.45, 7) is 3.31. The molecule has 1 aliphatic heterocycles. The largest absolute Gasteiger partial charge is 0.497 e. The van der Waals surface area contributed by atoms with Crippen molar-refractivity contribution in [3.63, 3.8) is 0 Å². The predicted octanol–water partition coefficient (Wildman–Crippen LogP) is 3.64. The number of anilines is 2. The van der Waals surface area contributed by atoms with Crippen LogP contribution in [0.25, 0.3) is 0 Å². The van der Waals surface area contributed by atoms with Crippen LogP contribution >= 0.6 is 11.8 Å². The number of hydrogen-bond donors (Lipinski definition) is 1. The van der Waals surface area contributed by atoms with Crippen LogP contribution in [0.15, 0.2) is 47.4 Å². The van der Waals surface area contributed by atoms with E-state index in [0.29, 0.717) is 29.0 Å². The van der Waals surface area contributed by atoms with E-state index in [2.05, 4.69) is 29.3 Å². The highest BCUT2D eigenvalue weighted by Crippen LogP contribution is 2.38. The Kier molecular flexibility index (Phi) is 5.38. The van der Waals surface area contributed by atoms with Crippen LogP contribution in [0.3, 0.4) is 0 Å². The Morgan fingerprint density at radius 2 is 2.04 bits per heavy atom. The third-order valence-corrected chi connectivity index (χ3v) is 5.18. The van der Waals surface area contributed by atoms with Gasteiger partial charge in [0.25, 0.3) is 0 Å². The molecular weight excluding hydrogens is 336 g/mol. The maximum atomic E-state index is 12.6. The number of ether oxygens (including phenoxy) is 2. The third-order valence-electron chi connectivity index (χ3n) is 4.03. The van der Waals surface area contributed by atoms with Crippen LogP contribution in [-0.2, 0) is 4.79 Å². The topological polar surface area (TPSA) is 50.8 Å². The SMILES string of the molecule is COc1ccc(OC)c(NC(=O)CN2C[C@H](C)Sc3ccccc32)c1. The highest BCUT2D eigenvalue weighted by atomic mass is 32.2. The van der Waals surface area contributed by atoms with E-state index in [1.54, 1.807) is 32.4 Å². The lowest BCUT2D eigenvalue weighted by molar-refractivity contribution is -0.115. The molecule has 1 heterocycles. The molecule has 1 amide bonds. The number of benzene rings is 2. The number of carbonyl (C=O) groups is 1. The average Bonchev–Trinajstić information content (AvgIpc) is 2.61. The second-order valence-electron chi connectivity index (χ2n) is 5.89. The zero-order valence-corrected chi connectivity index (χ0v) is 15.4. The molecule has 0 unspecified atom stereocenters. The third kappa shape index (κ3) is 4.02. The van der Waals surface area contributed by atoms with E-state index in [0.717, 1.165) is 12.2 Å². The Morgan fingerprint density at radius 3 is 2.80 bits per heavy atom. The van der Waals surface area contributed by atoms with Gasteiger partial charge in [-0.2, -0.15) is 0 Å². The Balaban J connectivity index is 1.75. The number of rotatable bonds is 5. The molecule has 2 aromatic carbocycles. The first-order valence-corrected chi connectivity index (χ1v) is 9.01. The molecule has 5 nitrogen and oxygen atoms in total. The van der Waals surface area contributed by atoms with Gasteiger partial charge in [-0.3, -0.25) is 4.79 Å². The van der Waals surface area contributed by atoms with Crippen molar-refractivity contribution >= 4 is 29.0 Å². The Labute approximate surface area is 152 Å². The van der Waals surface area contributed by atoms with E-state index < -0.39 is 0 Å². The van der Waals surface area contributed by atoms with E-state index in [1.165, 1.54) is 4.90 Å². The zero-order chi connectivity index (χ0) is 17.8. The standard InChI is InChI=1S/C19H22N2O3S/c1-13-11-21(16-6-4-5-7-18(16)25-13)12-19(22)20-15-10-14(23-2)8-9-17(15)24-3/h4-10,13H,11-12H2,1-3H3,(H,20,22)/t13-/m0/s1. The minimum atomic E-state index is -0.0829. The van der Waals surface area contributed by atoms with Gasteiger partial charge in [0.05, 0.1) is 32.1 Å².